The Hall–Kier alpha value is -2.55. The molecule has 3 heterocycles. The standard InChI is InChI=1S/C24H31N5O2S/c1-17-18(2)32-24-22(17)23(26-20(27-24)16-29-11-13-31-14-12-29)25-10-9-21(30)28(3)15-19-7-5-4-6-8-19/h4-8H,9-16H2,1-3H3,(H,25,26,27). The number of rotatable bonds is 8. The van der Waals surface area contributed by atoms with Gasteiger partial charge in [-0.05, 0) is 25.0 Å². The molecule has 4 rings (SSSR count). The minimum absolute atomic E-state index is 0.110. The van der Waals surface area contributed by atoms with Crippen molar-refractivity contribution >= 4 is 33.3 Å². The number of nitrogens with zero attached hydrogens (tertiary/aromatic N) is 4. The molecule has 0 saturated carbocycles. The fraction of sp³-hybridized carbons (Fsp3) is 0.458. The molecular weight excluding hydrogens is 422 g/mol. The van der Waals surface area contributed by atoms with Gasteiger partial charge in [0.2, 0.25) is 5.91 Å². The zero-order chi connectivity index (χ0) is 22.5. The minimum Gasteiger partial charge on any atom is -0.379 e. The number of morpholine rings is 1. The molecule has 3 aromatic rings. The number of hydrogen-bond donors (Lipinski definition) is 1. The molecule has 170 valence electrons. The first-order valence-electron chi connectivity index (χ1n) is 11.1. The van der Waals surface area contributed by atoms with Crippen LogP contribution in [0.15, 0.2) is 30.3 Å². The number of aromatic nitrogens is 2. The summed E-state index contributed by atoms with van der Waals surface area (Å²) in [6.45, 7) is 9.40. The van der Waals surface area contributed by atoms with Gasteiger partial charge < -0.3 is 15.0 Å². The molecule has 0 spiro atoms. The molecule has 1 saturated heterocycles. The van der Waals surface area contributed by atoms with Crippen LogP contribution < -0.4 is 5.32 Å². The van der Waals surface area contributed by atoms with Crippen molar-refractivity contribution in [3.8, 4) is 0 Å². The number of amides is 1. The van der Waals surface area contributed by atoms with Gasteiger partial charge in [-0.15, -0.1) is 11.3 Å². The zero-order valence-corrected chi connectivity index (χ0v) is 19.9. The second-order valence-corrected chi connectivity index (χ2v) is 9.46. The molecule has 1 fully saturated rings. The van der Waals surface area contributed by atoms with E-state index in [1.54, 1.807) is 16.2 Å². The highest BCUT2D eigenvalue weighted by atomic mass is 32.1. The summed E-state index contributed by atoms with van der Waals surface area (Å²) in [6.07, 6.45) is 0.412. The molecule has 1 N–H and O–H groups in total. The Morgan fingerprint density at radius 3 is 2.69 bits per heavy atom. The van der Waals surface area contributed by atoms with Crippen molar-refractivity contribution in [3.63, 3.8) is 0 Å². The summed E-state index contributed by atoms with van der Waals surface area (Å²) in [5, 5.41) is 4.51. The van der Waals surface area contributed by atoms with Crippen LogP contribution in [0.4, 0.5) is 5.82 Å². The third-order valence-corrected chi connectivity index (χ3v) is 6.96. The summed E-state index contributed by atoms with van der Waals surface area (Å²) < 4.78 is 5.45. The van der Waals surface area contributed by atoms with Gasteiger partial charge in [0.15, 0.2) is 0 Å². The van der Waals surface area contributed by atoms with E-state index in [0.717, 1.165) is 53.7 Å². The molecule has 0 atom stereocenters. The van der Waals surface area contributed by atoms with Crippen LogP contribution in [-0.4, -0.2) is 65.6 Å². The van der Waals surface area contributed by atoms with Crippen molar-refractivity contribution in [3.05, 3.63) is 52.2 Å². The summed E-state index contributed by atoms with van der Waals surface area (Å²) in [4.78, 5) is 28.7. The van der Waals surface area contributed by atoms with Crippen molar-refractivity contribution < 1.29 is 9.53 Å². The number of benzene rings is 1. The second-order valence-electron chi connectivity index (χ2n) is 8.25. The van der Waals surface area contributed by atoms with Crippen LogP contribution in [0.1, 0.15) is 28.2 Å². The van der Waals surface area contributed by atoms with Gasteiger partial charge in [-0.2, -0.15) is 0 Å². The number of carbonyl (C=O) groups excluding carboxylic acids is 1. The summed E-state index contributed by atoms with van der Waals surface area (Å²) in [5.41, 5.74) is 2.34. The number of nitrogens with one attached hydrogen (secondary N) is 1. The van der Waals surface area contributed by atoms with E-state index in [4.69, 9.17) is 14.7 Å². The van der Waals surface area contributed by atoms with Gasteiger partial charge in [0.05, 0.1) is 25.1 Å². The highest BCUT2D eigenvalue weighted by Gasteiger charge is 2.18. The van der Waals surface area contributed by atoms with Crippen LogP contribution in [0.5, 0.6) is 0 Å². The lowest BCUT2D eigenvalue weighted by Gasteiger charge is -2.25. The maximum Gasteiger partial charge on any atom is 0.224 e. The summed E-state index contributed by atoms with van der Waals surface area (Å²) in [7, 11) is 1.85. The predicted octanol–water partition coefficient (Wildman–Crippen LogP) is 3.60. The van der Waals surface area contributed by atoms with E-state index in [0.29, 0.717) is 26.1 Å². The topological polar surface area (TPSA) is 70.6 Å². The van der Waals surface area contributed by atoms with E-state index in [9.17, 15) is 4.79 Å². The maximum absolute atomic E-state index is 12.6. The van der Waals surface area contributed by atoms with Crippen molar-refractivity contribution in [1.29, 1.82) is 0 Å². The van der Waals surface area contributed by atoms with E-state index in [1.165, 1.54) is 10.4 Å². The fourth-order valence-corrected chi connectivity index (χ4v) is 4.92. The first kappa shape index (κ1) is 22.6. The molecule has 1 aliphatic rings. The van der Waals surface area contributed by atoms with E-state index in [-0.39, 0.29) is 5.91 Å². The van der Waals surface area contributed by atoms with Gasteiger partial charge in [-0.1, -0.05) is 30.3 Å². The maximum atomic E-state index is 12.6. The van der Waals surface area contributed by atoms with Crippen LogP contribution in [0.25, 0.3) is 10.2 Å². The molecule has 1 aromatic carbocycles. The first-order chi connectivity index (χ1) is 15.5. The Labute approximate surface area is 193 Å². The Kier molecular flexibility index (Phi) is 7.34. The lowest BCUT2D eigenvalue weighted by atomic mass is 10.2. The van der Waals surface area contributed by atoms with Gasteiger partial charge in [-0.25, -0.2) is 9.97 Å². The third-order valence-electron chi connectivity index (χ3n) is 5.86. The van der Waals surface area contributed by atoms with Crippen LogP contribution in [0.2, 0.25) is 0 Å². The van der Waals surface area contributed by atoms with Crippen molar-refractivity contribution in [2.45, 2.75) is 33.4 Å². The molecule has 8 heteroatoms. The van der Waals surface area contributed by atoms with E-state index >= 15 is 0 Å². The van der Waals surface area contributed by atoms with Crippen LogP contribution in [0.3, 0.4) is 0 Å². The minimum atomic E-state index is 0.110. The van der Waals surface area contributed by atoms with Gasteiger partial charge >= 0.3 is 0 Å². The number of anilines is 1. The fourth-order valence-electron chi connectivity index (χ4n) is 3.88. The number of aryl methyl sites for hydroxylation is 2. The molecule has 0 aliphatic carbocycles. The number of hydrogen-bond acceptors (Lipinski definition) is 7. The van der Waals surface area contributed by atoms with Gasteiger partial charge in [0, 0.05) is 44.5 Å². The third kappa shape index (κ3) is 5.43. The molecule has 2 aromatic heterocycles. The summed E-state index contributed by atoms with van der Waals surface area (Å²) in [5.74, 6) is 1.76. The Balaban J connectivity index is 1.43. The van der Waals surface area contributed by atoms with Gasteiger partial charge in [0.1, 0.15) is 16.5 Å². The summed E-state index contributed by atoms with van der Waals surface area (Å²) in [6, 6.07) is 10.1. The molecular formula is C24H31N5O2S. The average molecular weight is 454 g/mol. The van der Waals surface area contributed by atoms with E-state index in [1.807, 2.05) is 37.4 Å². The molecule has 0 bridgehead atoms. The van der Waals surface area contributed by atoms with E-state index in [2.05, 4.69) is 24.1 Å². The Morgan fingerprint density at radius 1 is 1.19 bits per heavy atom. The molecule has 0 radical (unpaired) electrons. The molecule has 1 aliphatic heterocycles. The zero-order valence-electron chi connectivity index (χ0n) is 19.1. The first-order valence-corrected chi connectivity index (χ1v) is 11.9. The van der Waals surface area contributed by atoms with Gasteiger partial charge in [0.25, 0.3) is 0 Å². The van der Waals surface area contributed by atoms with Crippen molar-refractivity contribution in [1.82, 2.24) is 19.8 Å². The Bertz CT molecular complexity index is 1060. The van der Waals surface area contributed by atoms with Crippen molar-refractivity contribution in [2.75, 3.05) is 45.2 Å². The number of fused-ring (bicyclic) bond motifs is 1. The monoisotopic (exact) mass is 453 g/mol. The van der Waals surface area contributed by atoms with Crippen molar-refractivity contribution in [2.24, 2.45) is 0 Å². The molecule has 7 nitrogen and oxygen atoms in total. The normalized spacial score (nSPS) is 14.6. The SMILES string of the molecule is Cc1sc2nc(CN3CCOCC3)nc(NCCC(=O)N(C)Cc3ccccc3)c2c1C. The highest BCUT2D eigenvalue weighted by Crippen LogP contribution is 2.33. The van der Waals surface area contributed by atoms with Crippen LogP contribution >= 0.6 is 11.3 Å². The van der Waals surface area contributed by atoms with Gasteiger partial charge in [-0.3, -0.25) is 9.69 Å². The largest absolute Gasteiger partial charge is 0.379 e. The number of thiophene rings is 1. The quantitative estimate of drug-likeness (QED) is 0.562. The molecule has 32 heavy (non-hydrogen) atoms. The van der Waals surface area contributed by atoms with Crippen LogP contribution in [0, 0.1) is 13.8 Å². The lowest BCUT2D eigenvalue weighted by molar-refractivity contribution is -0.130. The molecule has 0 unspecified atom stereocenters. The Morgan fingerprint density at radius 2 is 1.94 bits per heavy atom. The lowest BCUT2D eigenvalue weighted by Crippen LogP contribution is -2.36. The summed E-state index contributed by atoms with van der Waals surface area (Å²) >= 11 is 1.71. The van der Waals surface area contributed by atoms with E-state index < -0.39 is 0 Å². The predicted molar refractivity (Wildman–Crippen MR) is 129 cm³/mol. The highest BCUT2D eigenvalue weighted by molar-refractivity contribution is 7.18. The second kappa shape index (κ2) is 10.4. The average Bonchev–Trinajstić information content (AvgIpc) is 3.08. The smallest absolute Gasteiger partial charge is 0.224 e. The number of ether oxygens (including phenoxy) is 1. The number of carbonyl (C=O) groups is 1. The molecule has 1 amide bonds. The van der Waals surface area contributed by atoms with Crippen LogP contribution in [-0.2, 0) is 22.6 Å².